The normalized spacial score (nSPS) is 30.6. The first-order valence-corrected chi connectivity index (χ1v) is 7.22. The summed E-state index contributed by atoms with van der Waals surface area (Å²) in [5.41, 5.74) is 0.355. The lowest BCUT2D eigenvalue weighted by Gasteiger charge is -2.42. The highest BCUT2D eigenvalue weighted by Crippen LogP contribution is 2.22. The van der Waals surface area contributed by atoms with Crippen molar-refractivity contribution in [3.63, 3.8) is 0 Å². The van der Waals surface area contributed by atoms with Gasteiger partial charge in [0.2, 0.25) is 11.8 Å². The third-order valence-corrected chi connectivity index (χ3v) is 3.31. The Labute approximate surface area is 134 Å². The molecule has 1 heterocycles. The molecule has 0 radical (unpaired) electrons. The average molecular weight is 332 g/mol. The van der Waals surface area contributed by atoms with Gasteiger partial charge < -0.3 is 35.4 Å². The summed E-state index contributed by atoms with van der Waals surface area (Å²) in [6.45, 7) is 6.00. The van der Waals surface area contributed by atoms with E-state index in [9.17, 15) is 19.8 Å². The molecule has 0 aromatic rings. The minimum absolute atomic E-state index is 0.0424. The Morgan fingerprint density at radius 3 is 2.43 bits per heavy atom. The summed E-state index contributed by atoms with van der Waals surface area (Å²) in [5.74, 6) is -0.753. The summed E-state index contributed by atoms with van der Waals surface area (Å²) in [6.07, 6.45) is -4.83. The van der Waals surface area contributed by atoms with Crippen LogP contribution in [0.25, 0.3) is 0 Å². The molecule has 2 unspecified atom stereocenters. The van der Waals surface area contributed by atoms with E-state index in [4.69, 9.17) is 14.6 Å². The lowest BCUT2D eigenvalue weighted by atomic mass is 9.97. The quantitative estimate of drug-likeness (QED) is 0.260. The molecule has 2 amide bonds. The van der Waals surface area contributed by atoms with E-state index in [0.717, 1.165) is 0 Å². The maximum absolute atomic E-state index is 11.3. The SMILES string of the molecule is C=C(C)C(=O)NCCO[C@@H]1OC(CO)[C@H](O)C(O)[C@@H]1NC(C)=O. The van der Waals surface area contributed by atoms with Crippen molar-refractivity contribution in [1.82, 2.24) is 10.6 Å². The molecule has 9 heteroatoms. The second-order valence-electron chi connectivity index (χ2n) is 5.34. The smallest absolute Gasteiger partial charge is 0.246 e. The molecule has 0 saturated carbocycles. The molecule has 0 bridgehead atoms. The molecule has 0 aliphatic carbocycles. The molecule has 1 saturated heterocycles. The van der Waals surface area contributed by atoms with E-state index in [-0.39, 0.29) is 19.1 Å². The zero-order valence-electron chi connectivity index (χ0n) is 13.2. The first kappa shape index (κ1) is 19.5. The molecule has 0 aromatic carbocycles. The van der Waals surface area contributed by atoms with Crippen LogP contribution in [-0.2, 0) is 19.1 Å². The number of aliphatic hydroxyl groups is 3. The molecule has 0 spiro atoms. The van der Waals surface area contributed by atoms with Crippen molar-refractivity contribution in [1.29, 1.82) is 0 Å². The largest absolute Gasteiger partial charge is 0.394 e. The van der Waals surface area contributed by atoms with Crippen molar-refractivity contribution >= 4 is 11.8 Å². The van der Waals surface area contributed by atoms with Crippen molar-refractivity contribution in [2.45, 2.75) is 44.5 Å². The van der Waals surface area contributed by atoms with Gasteiger partial charge in [-0.05, 0) is 6.92 Å². The van der Waals surface area contributed by atoms with Crippen LogP contribution in [0.15, 0.2) is 12.2 Å². The Morgan fingerprint density at radius 1 is 1.26 bits per heavy atom. The Hall–Kier alpha value is -1.52. The number of hydrogen-bond acceptors (Lipinski definition) is 7. The molecule has 9 nitrogen and oxygen atoms in total. The predicted octanol–water partition coefficient (Wildman–Crippen LogP) is -2.36. The summed E-state index contributed by atoms with van der Waals surface area (Å²) in [6, 6.07) is -0.998. The van der Waals surface area contributed by atoms with Crippen molar-refractivity contribution in [3.05, 3.63) is 12.2 Å². The van der Waals surface area contributed by atoms with E-state index >= 15 is 0 Å². The highest BCUT2D eigenvalue weighted by Gasteiger charge is 2.45. The number of nitrogens with one attached hydrogen (secondary N) is 2. The molecular weight excluding hydrogens is 308 g/mol. The average Bonchev–Trinajstić information content (AvgIpc) is 2.49. The van der Waals surface area contributed by atoms with E-state index in [1.165, 1.54) is 6.92 Å². The summed E-state index contributed by atoms with van der Waals surface area (Å²) in [7, 11) is 0. The molecule has 5 N–H and O–H groups in total. The van der Waals surface area contributed by atoms with E-state index in [2.05, 4.69) is 17.2 Å². The van der Waals surface area contributed by atoms with Gasteiger partial charge in [0.25, 0.3) is 0 Å². The number of rotatable bonds is 7. The zero-order valence-corrected chi connectivity index (χ0v) is 13.2. The first-order valence-electron chi connectivity index (χ1n) is 7.22. The van der Waals surface area contributed by atoms with Crippen LogP contribution in [0.2, 0.25) is 0 Å². The monoisotopic (exact) mass is 332 g/mol. The van der Waals surface area contributed by atoms with Crippen LogP contribution in [0, 0.1) is 0 Å². The number of hydrogen-bond donors (Lipinski definition) is 5. The van der Waals surface area contributed by atoms with Crippen molar-refractivity contribution < 1.29 is 34.4 Å². The van der Waals surface area contributed by atoms with Gasteiger partial charge in [0.1, 0.15) is 24.4 Å². The number of aliphatic hydroxyl groups excluding tert-OH is 3. The fourth-order valence-corrected chi connectivity index (χ4v) is 2.10. The van der Waals surface area contributed by atoms with E-state index < -0.39 is 43.2 Å². The lowest BCUT2D eigenvalue weighted by Crippen LogP contribution is -2.64. The zero-order chi connectivity index (χ0) is 17.6. The van der Waals surface area contributed by atoms with Gasteiger partial charge in [0, 0.05) is 19.0 Å². The molecular formula is C14H24N2O7. The summed E-state index contributed by atoms with van der Waals surface area (Å²) in [4.78, 5) is 22.6. The second-order valence-corrected chi connectivity index (χ2v) is 5.34. The maximum atomic E-state index is 11.3. The Morgan fingerprint density at radius 2 is 1.91 bits per heavy atom. The fourth-order valence-electron chi connectivity index (χ4n) is 2.10. The van der Waals surface area contributed by atoms with Crippen LogP contribution in [0.4, 0.5) is 0 Å². The van der Waals surface area contributed by atoms with Crippen molar-refractivity contribution in [2.75, 3.05) is 19.8 Å². The molecule has 1 aliphatic rings. The van der Waals surface area contributed by atoms with Crippen LogP contribution in [-0.4, -0.2) is 77.5 Å². The molecule has 0 aromatic heterocycles. The van der Waals surface area contributed by atoms with Gasteiger partial charge in [-0.15, -0.1) is 0 Å². The number of carbonyl (C=O) groups excluding carboxylic acids is 2. The number of amides is 2. The third kappa shape index (κ3) is 5.56. The van der Waals surface area contributed by atoms with Crippen molar-refractivity contribution in [2.24, 2.45) is 0 Å². The standard InChI is InChI=1S/C14H24N2O7/c1-7(2)13(21)15-4-5-22-14-10(16-8(3)18)12(20)11(19)9(6-17)23-14/h9-12,14,17,19-20H,1,4-6H2,2-3H3,(H,15,21)(H,16,18)/t9?,10-,11-,12?,14+/m0/s1. The third-order valence-electron chi connectivity index (χ3n) is 3.31. The van der Waals surface area contributed by atoms with Crippen LogP contribution in [0.3, 0.4) is 0 Å². The Kier molecular flexibility index (Phi) is 7.59. The first-order chi connectivity index (χ1) is 10.8. The molecule has 5 atom stereocenters. The van der Waals surface area contributed by atoms with E-state index in [1.54, 1.807) is 6.92 Å². The van der Waals surface area contributed by atoms with Gasteiger partial charge in [-0.2, -0.15) is 0 Å². The number of ether oxygens (including phenoxy) is 2. The van der Waals surface area contributed by atoms with Crippen LogP contribution in [0.5, 0.6) is 0 Å². The topological polar surface area (TPSA) is 137 Å². The highest BCUT2D eigenvalue weighted by atomic mass is 16.7. The van der Waals surface area contributed by atoms with Gasteiger partial charge in [-0.3, -0.25) is 9.59 Å². The minimum atomic E-state index is -1.36. The summed E-state index contributed by atoms with van der Waals surface area (Å²) in [5, 5.41) is 34.1. The minimum Gasteiger partial charge on any atom is -0.394 e. The molecule has 1 rings (SSSR count). The van der Waals surface area contributed by atoms with Gasteiger partial charge in [-0.25, -0.2) is 0 Å². The number of carbonyl (C=O) groups is 2. The fraction of sp³-hybridized carbons (Fsp3) is 0.714. The van der Waals surface area contributed by atoms with Gasteiger partial charge in [-0.1, -0.05) is 6.58 Å². The molecule has 1 fully saturated rings. The predicted molar refractivity (Wildman–Crippen MR) is 79.1 cm³/mol. The van der Waals surface area contributed by atoms with Crippen molar-refractivity contribution in [3.8, 4) is 0 Å². The van der Waals surface area contributed by atoms with Gasteiger partial charge >= 0.3 is 0 Å². The van der Waals surface area contributed by atoms with Gasteiger partial charge in [0.05, 0.1) is 13.2 Å². The summed E-state index contributed by atoms with van der Waals surface area (Å²) < 4.78 is 10.8. The van der Waals surface area contributed by atoms with Crippen LogP contribution in [0.1, 0.15) is 13.8 Å². The summed E-state index contributed by atoms with van der Waals surface area (Å²) >= 11 is 0. The van der Waals surface area contributed by atoms with E-state index in [1.807, 2.05) is 0 Å². The Bertz CT molecular complexity index is 443. The van der Waals surface area contributed by atoms with Crippen LogP contribution >= 0.6 is 0 Å². The molecule has 132 valence electrons. The van der Waals surface area contributed by atoms with Crippen LogP contribution < -0.4 is 10.6 Å². The Balaban J connectivity index is 2.61. The highest BCUT2D eigenvalue weighted by molar-refractivity contribution is 5.92. The lowest BCUT2D eigenvalue weighted by molar-refractivity contribution is -0.269. The second kappa shape index (κ2) is 8.94. The maximum Gasteiger partial charge on any atom is 0.246 e. The molecule has 1 aliphatic heterocycles. The van der Waals surface area contributed by atoms with Gasteiger partial charge in [0.15, 0.2) is 6.29 Å². The van der Waals surface area contributed by atoms with E-state index in [0.29, 0.717) is 5.57 Å². The molecule has 23 heavy (non-hydrogen) atoms.